The first kappa shape index (κ1) is 20.9. The van der Waals surface area contributed by atoms with Crippen molar-refractivity contribution in [3.05, 3.63) is 0 Å². The van der Waals surface area contributed by atoms with Crippen molar-refractivity contribution in [3.63, 3.8) is 0 Å². The smallest absolute Gasteiger partial charge is 0.410 e. The lowest BCUT2D eigenvalue weighted by molar-refractivity contribution is -0.122. The number of likely N-dealkylation sites (tertiary alicyclic amines) is 2. The van der Waals surface area contributed by atoms with Gasteiger partial charge in [0.1, 0.15) is 5.60 Å². The number of ether oxygens (including phenoxy) is 1. The highest BCUT2D eigenvalue weighted by Gasteiger charge is 2.40. The molecule has 0 aromatic carbocycles. The minimum absolute atomic E-state index is 0.0586. The Labute approximate surface area is 167 Å². The van der Waals surface area contributed by atoms with Gasteiger partial charge in [-0.2, -0.15) is 0 Å². The van der Waals surface area contributed by atoms with Crippen molar-refractivity contribution in [2.75, 3.05) is 19.6 Å². The van der Waals surface area contributed by atoms with E-state index in [4.69, 9.17) is 4.74 Å². The Morgan fingerprint density at radius 3 is 2.36 bits per heavy atom. The molecule has 2 saturated heterocycles. The zero-order chi connectivity index (χ0) is 20.3. The predicted molar refractivity (Wildman–Crippen MR) is 105 cm³/mol. The molecule has 2 N–H and O–H groups in total. The lowest BCUT2D eigenvalue weighted by atomic mass is 9.94. The molecular weight excluding hydrogens is 360 g/mol. The Kier molecular flexibility index (Phi) is 6.47. The highest BCUT2D eigenvalue weighted by molar-refractivity contribution is 5.95. The topological polar surface area (TPSA) is 91.0 Å². The van der Waals surface area contributed by atoms with Crippen LogP contribution in [0.15, 0.2) is 0 Å². The van der Waals surface area contributed by atoms with Gasteiger partial charge in [0.25, 0.3) is 0 Å². The van der Waals surface area contributed by atoms with E-state index in [1.54, 1.807) is 0 Å². The number of urea groups is 1. The SMILES string of the molecule is CC(C)(C)OC(=O)N1CCC[C@@H]1[C@H]1CCCCN1CC(=O)NC(=O)NC1CC1. The fourth-order valence-electron chi connectivity index (χ4n) is 4.19. The van der Waals surface area contributed by atoms with Crippen molar-refractivity contribution < 1.29 is 19.1 Å². The molecule has 0 spiro atoms. The highest BCUT2D eigenvalue weighted by atomic mass is 16.6. The maximum atomic E-state index is 12.6. The van der Waals surface area contributed by atoms with Crippen LogP contribution in [0.25, 0.3) is 0 Å². The lowest BCUT2D eigenvalue weighted by Gasteiger charge is -2.42. The van der Waals surface area contributed by atoms with Crippen LogP contribution in [-0.2, 0) is 9.53 Å². The summed E-state index contributed by atoms with van der Waals surface area (Å²) in [5.41, 5.74) is -0.523. The van der Waals surface area contributed by atoms with Crippen LogP contribution >= 0.6 is 0 Å². The number of nitrogens with zero attached hydrogens (tertiary/aromatic N) is 2. The Bertz CT molecular complexity index is 600. The van der Waals surface area contributed by atoms with Crippen LogP contribution < -0.4 is 10.6 Å². The van der Waals surface area contributed by atoms with E-state index in [1.807, 2.05) is 25.7 Å². The molecule has 8 nitrogen and oxygen atoms in total. The maximum Gasteiger partial charge on any atom is 0.410 e. The summed E-state index contributed by atoms with van der Waals surface area (Å²) < 4.78 is 5.59. The van der Waals surface area contributed by atoms with E-state index in [0.717, 1.165) is 51.5 Å². The number of hydrogen-bond acceptors (Lipinski definition) is 5. The third-order valence-corrected chi connectivity index (χ3v) is 5.55. The second-order valence-corrected chi connectivity index (χ2v) is 9.21. The molecule has 2 atom stereocenters. The van der Waals surface area contributed by atoms with Crippen LogP contribution in [0.5, 0.6) is 0 Å². The number of amides is 4. The van der Waals surface area contributed by atoms with Crippen LogP contribution in [0.1, 0.15) is 65.7 Å². The Balaban J connectivity index is 1.59. The summed E-state index contributed by atoms with van der Waals surface area (Å²) in [5, 5.41) is 5.21. The Morgan fingerprint density at radius 1 is 0.964 bits per heavy atom. The number of hydrogen-bond donors (Lipinski definition) is 2. The predicted octanol–water partition coefficient (Wildman–Crippen LogP) is 2.23. The van der Waals surface area contributed by atoms with E-state index in [0.29, 0.717) is 6.54 Å². The molecule has 1 aliphatic carbocycles. The summed E-state index contributed by atoms with van der Waals surface area (Å²) in [6.07, 6.45) is 6.63. The van der Waals surface area contributed by atoms with E-state index < -0.39 is 11.6 Å². The second-order valence-electron chi connectivity index (χ2n) is 9.21. The molecule has 28 heavy (non-hydrogen) atoms. The molecule has 8 heteroatoms. The van der Waals surface area contributed by atoms with Gasteiger partial charge in [-0.3, -0.25) is 15.0 Å². The molecule has 3 rings (SSSR count). The van der Waals surface area contributed by atoms with Gasteiger partial charge in [0, 0.05) is 18.6 Å². The number of carbonyl (C=O) groups is 3. The fraction of sp³-hybridized carbons (Fsp3) is 0.850. The summed E-state index contributed by atoms with van der Waals surface area (Å²) >= 11 is 0. The molecule has 0 aromatic heterocycles. The van der Waals surface area contributed by atoms with Crippen molar-refractivity contribution in [2.45, 2.75) is 89.4 Å². The zero-order valence-electron chi connectivity index (χ0n) is 17.3. The number of rotatable bonds is 4. The fourth-order valence-corrected chi connectivity index (χ4v) is 4.19. The van der Waals surface area contributed by atoms with Crippen molar-refractivity contribution in [3.8, 4) is 0 Å². The summed E-state index contributed by atoms with van der Waals surface area (Å²) in [4.78, 5) is 40.8. The molecule has 1 saturated carbocycles. The van der Waals surface area contributed by atoms with Gasteiger partial charge in [-0.25, -0.2) is 9.59 Å². The van der Waals surface area contributed by atoms with Gasteiger partial charge in [-0.05, 0) is 65.8 Å². The first-order valence-corrected chi connectivity index (χ1v) is 10.6. The lowest BCUT2D eigenvalue weighted by Crippen LogP contribution is -2.56. The van der Waals surface area contributed by atoms with Crippen LogP contribution in [-0.4, -0.2) is 71.2 Å². The van der Waals surface area contributed by atoms with E-state index in [9.17, 15) is 14.4 Å². The quantitative estimate of drug-likeness (QED) is 0.763. The highest BCUT2D eigenvalue weighted by Crippen LogP contribution is 2.30. The van der Waals surface area contributed by atoms with Gasteiger partial charge in [0.2, 0.25) is 5.91 Å². The minimum Gasteiger partial charge on any atom is -0.444 e. The van der Waals surface area contributed by atoms with Crippen LogP contribution in [0.2, 0.25) is 0 Å². The molecule has 0 unspecified atom stereocenters. The molecule has 2 heterocycles. The molecule has 2 aliphatic heterocycles. The van der Waals surface area contributed by atoms with E-state index in [-0.39, 0.29) is 36.7 Å². The summed E-state index contributed by atoms with van der Waals surface area (Å²) in [5.74, 6) is -0.285. The van der Waals surface area contributed by atoms with Gasteiger partial charge in [0.05, 0.1) is 12.6 Å². The summed E-state index contributed by atoms with van der Waals surface area (Å²) in [6.45, 7) is 7.31. The minimum atomic E-state index is -0.523. The Hall–Kier alpha value is -1.83. The van der Waals surface area contributed by atoms with Gasteiger partial charge < -0.3 is 15.0 Å². The average molecular weight is 395 g/mol. The van der Waals surface area contributed by atoms with Gasteiger partial charge in [0.15, 0.2) is 0 Å². The first-order chi connectivity index (χ1) is 13.2. The van der Waals surface area contributed by atoms with E-state index in [1.165, 1.54) is 0 Å². The molecule has 4 amide bonds. The molecule has 3 aliphatic rings. The summed E-state index contributed by atoms with van der Waals surface area (Å²) in [6, 6.07) is -0.00188. The van der Waals surface area contributed by atoms with Crippen molar-refractivity contribution >= 4 is 18.0 Å². The number of carbonyl (C=O) groups excluding carboxylic acids is 3. The number of nitrogens with one attached hydrogen (secondary N) is 2. The largest absolute Gasteiger partial charge is 0.444 e. The molecular formula is C20H34N4O4. The second kappa shape index (κ2) is 8.68. The molecule has 0 aromatic rings. The maximum absolute atomic E-state index is 12.6. The first-order valence-electron chi connectivity index (χ1n) is 10.6. The third-order valence-electron chi connectivity index (χ3n) is 5.55. The zero-order valence-corrected chi connectivity index (χ0v) is 17.3. The van der Waals surface area contributed by atoms with E-state index >= 15 is 0 Å². The van der Waals surface area contributed by atoms with Gasteiger partial charge in [-0.1, -0.05) is 6.42 Å². The van der Waals surface area contributed by atoms with Crippen molar-refractivity contribution in [2.24, 2.45) is 0 Å². The number of piperidine rings is 1. The molecule has 0 bridgehead atoms. The molecule has 158 valence electrons. The molecule has 0 radical (unpaired) electrons. The number of imide groups is 1. The summed E-state index contributed by atoms with van der Waals surface area (Å²) in [7, 11) is 0. The average Bonchev–Trinajstić information content (AvgIpc) is 3.25. The third kappa shape index (κ3) is 5.83. The van der Waals surface area contributed by atoms with E-state index in [2.05, 4.69) is 15.5 Å². The van der Waals surface area contributed by atoms with Gasteiger partial charge >= 0.3 is 12.1 Å². The standard InChI is InChI=1S/C20H34N4O4/c1-20(2,3)28-19(27)24-12-6-8-16(24)15-7-4-5-11-23(15)13-17(25)22-18(26)21-14-9-10-14/h14-16H,4-13H2,1-3H3,(H2,21,22,25,26)/t15-,16-/m1/s1. The van der Waals surface area contributed by atoms with Crippen molar-refractivity contribution in [1.82, 2.24) is 20.4 Å². The molecule has 3 fully saturated rings. The van der Waals surface area contributed by atoms with Crippen LogP contribution in [0, 0.1) is 0 Å². The van der Waals surface area contributed by atoms with Gasteiger partial charge in [-0.15, -0.1) is 0 Å². The van der Waals surface area contributed by atoms with Crippen molar-refractivity contribution in [1.29, 1.82) is 0 Å². The normalized spacial score (nSPS) is 26.0. The van der Waals surface area contributed by atoms with Crippen LogP contribution in [0.3, 0.4) is 0 Å². The van der Waals surface area contributed by atoms with Crippen LogP contribution in [0.4, 0.5) is 9.59 Å². The monoisotopic (exact) mass is 394 g/mol. The Morgan fingerprint density at radius 2 is 1.68 bits per heavy atom.